The van der Waals surface area contributed by atoms with Crippen LogP contribution in [-0.2, 0) is 10.3 Å². The van der Waals surface area contributed by atoms with Gasteiger partial charge in [0.15, 0.2) is 0 Å². The Bertz CT molecular complexity index is 598. The van der Waals surface area contributed by atoms with Crippen molar-refractivity contribution < 1.29 is 19.6 Å². The van der Waals surface area contributed by atoms with Crippen molar-refractivity contribution in [1.29, 1.82) is 0 Å². The number of nitrogens with zero attached hydrogens (tertiary/aromatic N) is 2. The van der Waals surface area contributed by atoms with Gasteiger partial charge in [0.2, 0.25) is 0 Å². The zero-order valence-electron chi connectivity index (χ0n) is 13.6. The first-order valence-electron chi connectivity index (χ1n) is 7.78. The van der Waals surface area contributed by atoms with E-state index in [0.717, 1.165) is 18.7 Å². The first-order chi connectivity index (χ1) is 10.7. The van der Waals surface area contributed by atoms with Gasteiger partial charge in [0.1, 0.15) is 11.1 Å². The summed E-state index contributed by atoms with van der Waals surface area (Å²) in [5, 5.41) is 21.7. The zero-order chi connectivity index (χ0) is 16.8. The summed E-state index contributed by atoms with van der Waals surface area (Å²) in [6.07, 6.45) is 1.93. The van der Waals surface area contributed by atoms with Crippen molar-refractivity contribution in [2.75, 3.05) is 13.1 Å². The second-order valence-electron chi connectivity index (χ2n) is 7.22. The van der Waals surface area contributed by atoms with Crippen molar-refractivity contribution in [3.63, 3.8) is 0 Å². The van der Waals surface area contributed by atoms with Gasteiger partial charge < -0.3 is 20.1 Å². The van der Waals surface area contributed by atoms with Crippen molar-refractivity contribution in [1.82, 2.24) is 15.2 Å². The van der Waals surface area contributed by atoms with E-state index in [-0.39, 0.29) is 12.1 Å². The first kappa shape index (κ1) is 16.2. The lowest BCUT2D eigenvalue weighted by atomic mass is 9.72. The number of nitrogens with one attached hydrogen (secondary N) is 1. The summed E-state index contributed by atoms with van der Waals surface area (Å²) in [6, 6.07) is 3.47. The molecule has 2 atom stereocenters. The van der Waals surface area contributed by atoms with Gasteiger partial charge in [-0.05, 0) is 33.3 Å². The van der Waals surface area contributed by atoms with Gasteiger partial charge in [-0.15, -0.1) is 0 Å². The summed E-state index contributed by atoms with van der Waals surface area (Å²) in [5.41, 5.74) is -0.0113. The number of fused-ring (bicyclic) bond motifs is 2. The van der Waals surface area contributed by atoms with E-state index in [9.17, 15) is 14.8 Å². The van der Waals surface area contributed by atoms with Crippen molar-refractivity contribution in [2.24, 2.45) is 0 Å². The van der Waals surface area contributed by atoms with Crippen LogP contribution < -0.4 is 10.8 Å². The monoisotopic (exact) mass is 319 g/mol. The smallest absolute Gasteiger partial charge is 0.444 e. The van der Waals surface area contributed by atoms with Crippen LogP contribution in [0.1, 0.15) is 32.9 Å². The number of aromatic nitrogens is 1. The fourth-order valence-corrected chi connectivity index (χ4v) is 3.37. The molecule has 2 bridgehead atoms. The third-order valence-electron chi connectivity index (χ3n) is 4.35. The molecular weight excluding hydrogens is 297 g/mol. The first-order valence-corrected chi connectivity index (χ1v) is 7.78. The molecule has 1 amide bonds. The van der Waals surface area contributed by atoms with Crippen LogP contribution in [0.15, 0.2) is 18.3 Å². The number of carbonyl (C=O) groups excluding carboxylic acids is 1. The molecule has 4 heterocycles. The largest absolute Gasteiger partial charge is 0.490 e. The van der Waals surface area contributed by atoms with Gasteiger partial charge in [-0.3, -0.25) is 9.88 Å². The van der Waals surface area contributed by atoms with E-state index >= 15 is 0 Å². The van der Waals surface area contributed by atoms with Crippen LogP contribution in [0.25, 0.3) is 0 Å². The highest BCUT2D eigenvalue weighted by molar-refractivity contribution is 6.58. The highest BCUT2D eigenvalue weighted by Gasteiger charge is 2.59. The minimum Gasteiger partial charge on any atom is -0.444 e. The normalized spacial score (nSPS) is 26.5. The number of piperidine rings is 1. The average molecular weight is 319 g/mol. The summed E-state index contributed by atoms with van der Waals surface area (Å²) in [4.78, 5) is 18.7. The van der Waals surface area contributed by atoms with Gasteiger partial charge in [-0.2, -0.15) is 0 Å². The molecule has 0 aliphatic carbocycles. The lowest BCUT2D eigenvalue weighted by molar-refractivity contribution is -0.105. The number of amides is 1. The predicted octanol–water partition coefficient (Wildman–Crippen LogP) is -0.431. The highest BCUT2D eigenvalue weighted by atomic mass is 16.6. The maximum Gasteiger partial charge on any atom is 0.490 e. The highest BCUT2D eigenvalue weighted by Crippen LogP contribution is 2.46. The van der Waals surface area contributed by atoms with E-state index < -0.39 is 18.3 Å². The van der Waals surface area contributed by atoms with E-state index in [0.29, 0.717) is 12.0 Å². The van der Waals surface area contributed by atoms with Crippen LogP contribution in [0.2, 0.25) is 0 Å². The predicted molar refractivity (Wildman–Crippen MR) is 85.1 cm³/mol. The number of piperazine rings is 1. The number of ether oxygens (including phenoxy) is 1. The quantitative estimate of drug-likeness (QED) is 0.640. The second-order valence-corrected chi connectivity index (χ2v) is 7.22. The Morgan fingerprint density at radius 2 is 2.22 bits per heavy atom. The van der Waals surface area contributed by atoms with Crippen LogP contribution in [0.4, 0.5) is 4.79 Å². The molecule has 3 fully saturated rings. The van der Waals surface area contributed by atoms with Crippen LogP contribution in [0.5, 0.6) is 0 Å². The molecule has 0 spiro atoms. The standard InChI is InChI=1S/C15H22BN3O4/c1-14(2,3)23-13(20)19-11-6-15(19,9-17-8-11)12-5-4-10(7-18-12)16(21)22/h4-5,7,11,17,21-22H,6,8-9H2,1-3H3. The SMILES string of the molecule is CC(C)(C)OC(=O)N1C2CNCC1(c1ccc(B(O)O)cn1)C2. The van der Waals surface area contributed by atoms with Gasteiger partial charge >= 0.3 is 13.2 Å². The molecule has 4 rings (SSSR count). The summed E-state index contributed by atoms with van der Waals surface area (Å²) < 4.78 is 5.54. The van der Waals surface area contributed by atoms with E-state index in [1.165, 1.54) is 6.20 Å². The number of hydrogen-bond donors (Lipinski definition) is 3. The fraction of sp³-hybridized carbons (Fsp3) is 0.600. The number of pyridine rings is 1. The Morgan fingerprint density at radius 3 is 2.74 bits per heavy atom. The van der Waals surface area contributed by atoms with Gasteiger partial charge in [0.25, 0.3) is 0 Å². The Kier molecular flexibility index (Phi) is 3.86. The molecule has 0 radical (unpaired) electrons. The zero-order valence-corrected chi connectivity index (χ0v) is 13.6. The topological polar surface area (TPSA) is 94.9 Å². The van der Waals surface area contributed by atoms with Gasteiger partial charge in [-0.25, -0.2) is 4.79 Å². The van der Waals surface area contributed by atoms with Crippen LogP contribution in [0, 0.1) is 0 Å². The molecule has 3 aliphatic rings. The van der Waals surface area contributed by atoms with Crippen molar-refractivity contribution >= 4 is 18.7 Å². The second kappa shape index (κ2) is 5.47. The van der Waals surface area contributed by atoms with Crippen molar-refractivity contribution in [3.05, 3.63) is 24.0 Å². The summed E-state index contributed by atoms with van der Waals surface area (Å²) in [6.45, 7) is 6.90. The maximum absolute atomic E-state index is 12.6. The Balaban J connectivity index is 1.87. The lowest BCUT2D eigenvalue weighted by Crippen LogP contribution is -2.76. The Labute approximate surface area is 135 Å². The number of hydrogen-bond acceptors (Lipinski definition) is 6. The molecule has 0 aromatic carbocycles. The number of carbonyl (C=O) groups is 1. The van der Waals surface area contributed by atoms with Crippen LogP contribution in [-0.4, -0.2) is 57.9 Å². The third kappa shape index (κ3) is 2.82. The van der Waals surface area contributed by atoms with Crippen LogP contribution >= 0.6 is 0 Å². The van der Waals surface area contributed by atoms with Gasteiger partial charge in [0.05, 0.1) is 11.7 Å². The average Bonchev–Trinajstić information content (AvgIpc) is 2.45. The van der Waals surface area contributed by atoms with E-state index in [1.807, 2.05) is 20.8 Å². The van der Waals surface area contributed by atoms with Gasteiger partial charge in [0, 0.05) is 24.7 Å². The Hall–Kier alpha value is -1.64. The molecule has 2 unspecified atom stereocenters. The number of rotatable bonds is 2. The molecule has 0 saturated carbocycles. The van der Waals surface area contributed by atoms with Crippen molar-refractivity contribution in [3.8, 4) is 0 Å². The molecule has 1 aromatic heterocycles. The van der Waals surface area contributed by atoms with E-state index in [2.05, 4.69) is 10.3 Å². The Morgan fingerprint density at radius 1 is 1.48 bits per heavy atom. The minimum atomic E-state index is -1.55. The van der Waals surface area contributed by atoms with Crippen LogP contribution in [0.3, 0.4) is 0 Å². The van der Waals surface area contributed by atoms with E-state index in [1.54, 1.807) is 17.0 Å². The van der Waals surface area contributed by atoms with Gasteiger partial charge in [-0.1, -0.05) is 6.07 Å². The molecule has 23 heavy (non-hydrogen) atoms. The third-order valence-corrected chi connectivity index (χ3v) is 4.35. The molecule has 124 valence electrons. The molecule has 3 saturated heterocycles. The van der Waals surface area contributed by atoms with E-state index in [4.69, 9.17) is 4.74 Å². The fourth-order valence-electron chi connectivity index (χ4n) is 3.37. The molecule has 1 aromatic rings. The lowest BCUT2D eigenvalue weighted by Gasteiger charge is -2.61. The molecule has 8 heteroatoms. The summed E-state index contributed by atoms with van der Waals surface area (Å²) in [7, 11) is -1.55. The minimum absolute atomic E-state index is 0.100. The maximum atomic E-state index is 12.6. The summed E-state index contributed by atoms with van der Waals surface area (Å²) in [5.74, 6) is 0. The molecule has 3 aliphatic heterocycles. The molecular formula is C15H22BN3O4. The summed E-state index contributed by atoms with van der Waals surface area (Å²) >= 11 is 0. The molecule has 3 N–H and O–H groups in total. The van der Waals surface area contributed by atoms with Crippen molar-refractivity contribution in [2.45, 2.75) is 44.4 Å². The molecule has 7 nitrogen and oxygen atoms in total.